The maximum Gasteiger partial charge on any atom is 0.458 e. The molecule has 0 bridgehead atoms. The molecule has 1 saturated heterocycles. The molecule has 1 unspecified atom stereocenters. The molecule has 3 aromatic rings. The summed E-state index contributed by atoms with van der Waals surface area (Å²) in [6.45, 7) is 4.65. The van der Waals surface area contributed by atoms with E-state index >= 15 is 0 Å². The molecule has 4 rings (SSSR count). The Morgan fingerprint density at radius 1 is 0.957 bits per heavy atom. The van der Waals surface area contributed by atoms with Crippen LogP contribution in [0.1, 0.15) is 18.6 Å². The molecule has 254 valence electrons. The van der Waals surface area contributed by atoms with Crippen molar-refractivity contribution in [1.29, 1.82) is 0 Å². The quantitative estimate of drug-likeness (QED) is 0.166. The van der Waals surface area contributed by atoms with Crippen molar-refractivity contribution in [1.82, 2.24) is 15.2 Å². The first-order valence-electron chi connectivity index (χ1n) is 13.4. The van der Waals surface area contributed by atoms with Gasteiger partial charge in [0.2, 0.25) is 0 Å². The molecule has 0 aliphatic carbocycles. The van der Waals surface area contributed by atoms with Gasteiger partial charge in [-0.2, -0.15) is 26.3 Å². The zero-order valence-corrected chi connectivity index (χ0v) is 25.7. The Labute approximate surface area is 272 Å². The molecule has 1 amide bonds. The molecule has 1 aliphatic heterocycles. The van der Waals surface area contributed by atoms with Gasteiger partial charge in [-0.25, -0.2) is 9.37 Å². The topological polar surface area (TPSA) is 124 Å². The van der Waals surface area contributed by atoms with Crippen molar-refractivity contribution < 1.29 is 54.6 Å². The number of hydrogen-bond donors (Lipinski definition) is 2. The Kier molecular flexibility index (Phi) is 12.4. The summed E-state index contributed by atoms with van der Waals surface area (Å²) < 4.78 is 92.5. The predicted molar refractivity (Wildman–Crippen MR) is 157 cm³/mol. The molecule has 0 radical (unpaired) electrons. The molecule has 1 atom stereocenters. The summed E-state index contributed by atoms with van der Waals surface area (Å²) >= 11 is 12.3. The maximum absolute atomic E-state index is 13.9. The number of nitrogens with one attached hydrogen (secondary N) is 1. The summed E-state index contributed by atoms with van der Waals surface area (Å²) in [5, 5.41) is 3.41. The second kappa shape index (κ2) is 15.6. The second-order valence-corrected chi connectivity index (χ2v) is 10.5. The number of nitrogen functional groups attached to an aromatic ring is 1. The van der Waals surface area contributed by atoms with Gasteiger partial charge in [0.25, 0.3) is 5.91 Å². The van der Waals surface area contributed by atoms with E-state index in [2.05, 4.69) is 10.3 Å². The molecular weight excluding hydrogens is 688 g/mol. The van der Waals surface area contributed by atoms with Gasteiger partial charge in [-0.15, -0.1) is 0 Å². The Balaban J connectivity index is 0.000000426. The van der Waals surface area contributed by atoms with Crippen LogP contribution in [-0.4, -0.2) is 72.5 Å². The summed E-state index contributed by atoms with van der Waals surface area (Å²) in [5.74, 6) is -6.36. The van der Waals surface area contributed by atoms with Gasteiger partial charge in [-0.3, -0.25) is 14.4 Å². The van der Waals surface area contributed by atoms with E-state index in [0.717, 1.165) is 24.2 Å². The Hall–Kier alpha value is -4.15. The first-order chi connectivity index (χ1) is 21.9. The van der Waals surface area contributed by atoms with E-state index in [0.29, 0.717) is 30.2 Å². The number of Topliss-reactive ketones (excluding diaryl/α,β-unsaturated/α-hetero) is 2. The van der Waals surface area contributed by atoms with E-state index in [-0.39, 0.29) is 28.4 Å². The number of halogens is 9. The highest BCUT2D eigenvalue weighted by atomic mass is 35.5. The highest BCUT2D eigenvalue weighted by molar-refractivity contribution is 6.41. The third-order valence-corrected chi connectivity index (χ3v) is 7.13. The minimum absolute atomic E-state index is 0.0101. The first kappa shape index (κ1) is 37.3. The molecule has 2 heterocycles. The number of nitrogens with zero attached hydrogens (tertiary/aromatic N) is 2. The smallest absolute Gasteiger partial charge is 0.458 e. The van der Waals surface area contributed by atoms with Gasteiger partial charge in [0.15, 0.2) is 18.2 Å². The van der Waals surface area contributed by atoms with Crippen molar-refractivity contribution in [2.45, 2.75) is 25.4 Å². The lowest BCUT2D eigenvalue weighted by atomic mass is 10.1. The molecule has 18 heteroatoms. The molecule has 2 aromatic carbocycles. The van der Waals surface area contributed by atoms with Crippen molar-refractivity contribution in [3.63, 3.8) is 0 Å². The molecule has 1 aromatic heterocycles. The molecule has 47 heavy (non-hydrogen) atoms. The number of ketones is 2. The summed E-state index contributed by atoms with van der Waals surface area (Å²) in [5.41, 5.74) is 7.94. The van der Waals surface area contributed by atoms with E-state index in [1.54, 1.807) is 36.2 Å². The van der Waals surface area contributed by atoms with Crippen LogP contribution in [0.3, 0.4) is 0 Å². The van der Waals surface area contributed by atoms with Gasteiger partial charge in [-0.05, 0) is 42.8 Å². The maximum atomic E-state index is 13.9. The van der Waals surface area contributed by atoms with Crippen LogP contribution in [0.25, 0.3) is 11.1 Å². The number of benzene rings is 2. The van der Waals surface area contributed by atoms with Gasteiger partial charge in [-0.1, -0.05) is 35.3 Å². The monoisotopic (exact) mass is 712 g/mol. The molecule has 1 aliphatic rings. The third kappa shape index (κ3) is 10.2. The second-order valence-electron chi connectivity index (χ2n) is 9.72. The number of ether oxygens (including phenoxy) is 2. The Bertz CT molecular complexity index is 1580. The van der Waals surface area contributed by atoms with E-state index in [9.17, 15) is 45.1 Å². The van der Waals surface area contributed by atoms with Crippen LogP contribution in [0.4, 0.5) is 36.6 Å². The largest absolute Gasteiger partial charge is 0.484 e. The van der Waals surface area contributed by atoms with E-state index in [1.165, 1.54) is 12.1 Å². The highest BCUT2D eigenvalue weighted by Gasteiger charge is 2.54. The highest BCUT2D eigenvalue weighted by Crippen LogP contribution is 2.37. The fourth-order valence-corrected chi connectivity index (χ4v) is 4.70. The minimum Gasteiger partial charge on any atom is -0.484 e. The van der Waals surface area contributed by atoms with Crippen LogP contribution in [0.5, 0.6) is 11.5 Å². The standard InChI is InChI=1S/C25H25Cl2FN4O3.C4F6O2/c1-15(23-19(26)6-7-20(28)24(23)27)35-21-12-17(13-31-25(21)29)16-2-4-18(5-3-16)34-14-22(33)32-10-8-30-9-11-32;5-3(6,7)1(11)2(12)4(8,9)10/h2-7,12-13,15,30H,8-11,14H2,1H3,(H2,29,31);. The van der Waals surface area contributed by atoms with Crippen molar-refractivity contribution in [2.75, 3.05) is 38.5 Å². The fourth-order valence-electron chi connectivity index (χ4n) is 4.02. The number of aromatic nitrogens is 1. The van der Waals surface area contributed by atoms with Crippen LogP contribution in [0.15, 0.2) is 48.7 Å². The summed E-state index contributed by atoms with van der Waals surface area (Å²) in [4.78, 5) is 37.5. The van der Waals surface area contributed by atoms with Gasteiger partial charge in [0.1, 0.15) is 17.7 Å². The van der Waals surface area contributed by atoms with Gasteiger partial charge in [0, 0.05) is 48.5 Å². The zero-order valence-electron chi connectivity index (χ0n) is 24.1. The van der Waals surface area contributed by atoms with Crippen molar-refractivity contribution in [2.24, 2.45) is 0 Å². The summed E-state index contributed by atoms with van der Waals surface area (Å²) in [6, 6.07) is 11.6. The van der Waals surface area contributed by atoms with Gasteiger partial charge >= 0.3 is 23.9 Å². The van der Waals surface area contributed by atoms with E-state index in [1.807, 2.05) is 12.1 Å². The summed E-state index contributed by atoms with van der Waals surface area (Å²) in [7, 11) is 0. The van der Waals surface area contributed by atoms with Crippen LogP contribution in [-0.2, 0) is 14.4 Å². The normalized spacial score (nSPS) is 14.0. The molecule has 0 saturated carbocycles. The van der Waals surface area contributed by atoms with Gasteiger partial charge in [0.05, 0.1) is 5.02 Å². The van der Waals surface area contributed by atoms with Crippen molar-refractivity contribution >= 4 is 46.5 Å². The fraction of sp³-hybridized carbons (Fsp3) is 0.310. The number of amides is 1. The average Bonchev–Trinajstić information content (AvgIpc) is 3.02. The molecule has 9 nitrogen and oxygen atoms in total. The molecular formula is C29H25Cl2F7N4O5. The van der Waals surface area contributed by atoms with Crippen LogP contribution >= 0.6 is 23.2 Å². The number of carbonyl (C=O) groups is 3. The van der Waals surface area contributed by atoms with Crippen molar-refractivity contribution in [3.05, 3.63) is 70.1 Å². The number of hydrogen-bond acceptors (Lipinski definition) is 8. The number of alkyl halides is 6. The van der Waals surface area contributed by atoms with Crippen LogP contribution < -0.4 is 20.5 Å². The predicted octanol–water partition coefficient (Wildman–Crippen LogP) is 5.98. The summed E-state index contributed by atoms with van der Waals surface area (Å²) in [6.07, 6.45) is -10.6. The lowest BCUT2D eigenvalue weighted by Gasteiger charge is -2.27. The molecule has 3 N–H and O–H groups in total. The number of piperazine rings is 1. The lowest BCUT2D eigenvalue weighted by molar-refractivity contribution is -0.193. The van der Waals surface area contributed by atoms with E-state index < -0.39 is 35.8 Å². The van der Waals surface area contributed by atoms with E-state index in [4.69, 9.17) is 38.4 Å². The van der Waals surface area contributed by atoms with Crippen LogP contribution in [0.2, 0.25) is 10.0 Å². The first-order valence-corrected chi connectivity index (χ1v) is 14.2. The minimum atomic E-state index is -5.77. The van der Waals surface area contributed by atoms with Crippen molar-refractivity contribution in [3.8, 4) is 22.6 Å². The van der Waals surface area contributed by atoms with Crippen LogP contribution in [0, 0.1) is 5.82 Å². The van der Waals surface area contributed by atoms with Gasteiger partial charge < -0.3 is 25.4 Å². The number of anilines is 1. The third-order valence-electron chi connectivity index (χ3n) is 6.41. The lowest BCUT2D eigenvalue weighted by Crippen LogP contribution is -2.47. The number of carbonyl (C=O) groups excluding carboxylic acids is 3. The SMILES string of the molecule is CC(Oc1cc(-c2ccc(OCC(=O)N3CCNCC3)cc2)cnc1N)c1c(Cl)ccc(F)c1Cl.O=C(C(=O)C(F)(F)F)C(F)(F)F. The number of pyridine rings is 1. The molecule has 1 fully saturated rings. The number of nitrogens with two attached hydrogens (primary N) is 1. The molecule has 0 spiro atoms. The Morgan fingerprint density at radius 3 is 2.09 bits per heavy atom. The Morgan fingerprint density at radius 2 is 1.53 bits per heavy atom. The number of rotatable bonds is 8. The average molecular weight is 713 g/mol. The zero-order chi connectivity index (χ0) is 35.1.